The van der Waals surface area contributed by atoms with Gasteiger partial charge in [0.05, 0.1) is 19.8 Å². The molecule has 0 aliphatic carbocycles. The Hall–Kier alpha value is -3.13. The monoisotopic (exact) mass is 753 g/mol. The lowest BCUT2D eigenvalue weighted by Gasteiger charge is -2.11. The van der Waals surface area contributed by atoms with Gasteiger partial charge in [-0.05, 0) is 106 Å². The molecule has 4 rings (SSSR count). The zero-order valence-corrected chi connectivity index (χ0v) is 25.5. The molecule has 0 atom stereocenters. The first-order chi connectivity index (χ1) is 18.7. The van der Waals surface area contributed by atoms with Crippen molar-refractivity contribution in [1.29, 1.82) is 0 Å². The zero-order chi connectivity index (χ0) is 28.1. The fourth-order valence-electron chi connectivity index (χ4n) is 4.04. The molecule has 0 aliphatic rings. The highest BCUT2D eigenvalue weighted by atomic mass is 127. The third-order valence-electron chi connectivity index (χ3n) is 5.96. The Balaban J connectivity index is 1.71. The van der Waals surface area contributed by atoms with Crippen LogP contribution in [0.2, 0.25) is 0 Å². The summed E-state index contributed by atoms with van der Waals surface area (Å²) in [7, 11) is 1.56. The van der Waals surface area contributed by atoms with E-state index in [2.05, 4.69) is 12.2 Å². The molecule has 0 unspecified atom stereocenters. The minimum Gasteiger partial charge on any atom is -0.497 e. The molecule has 1 aromatic heterocycles. The molecule has 0 saturated heterocycles. The van der Waals surface area contributed by atoms with E-state index < -0.39 is 12.6 Å². The van der Waals surface area contributed by atoms with E-state index >= 15 is 0 Å². The van der Waals surface area contributed by atoms with E-state index in [0.717, 1.165) is 12.8 Å². The quantitative estimate of drug-likeness (QED) is 0.126. The van der Waals surface area contributed by atoms with Gasteiger partial charge >= 0.3 is 5.97 Å². The third-order valence-corrected chi connectivity index (χ3v) is 7.56. The number of furan rings is 1. The number of methoxy groups -OCH3 is 1. The molecule has 8 nitrogen and oxygen atoms in total. The van der Waals surface area contributed by atoms with E-state index in [1.165, 1.54) is 0 Å². The fraction of sp³-hybridized carbons (Fsp3) is 0.207. The van der Waals surface area contributed by atoms with Gasteiger partial charge in [0.1, 0.15) is 22.8 Å². The maximum Gasteiger partial charge on any atom is 0.341 e. The van der Waals surface area contributed by atoms with Crippen molar-refractivity contribution in [3.05, 3.63) is 84.2 Å². The summed E-state index contributed by atoms with van der Waals surface area (Å²) in [5, 5.41) is 12.5. The fourth-order valence-corrected chi connectivity index (χ4v) is 6.12. The SMILES string of the molecule is CCCCc1oc2ccc(NC(=O)c3ccc(OC)cc3)cc2c1C(=O)c1cc(I)c(OCC(=O)O)c(I)c1. The number of carboxylic acid groups (broad SMARTS) is 1. The summed E-state index contributed by atoms with van der Waals surface area (Å²) in [5.41, 5.74) is 2.43. The standard InChI is InChI=1S/C29H25I2NO7/c1-3-4-5-24-26(27(35)17-12-21(30)28(22(31)13-17)38-15-25(33)34)20-14-18(8-11-23(20)39-24)32-29(36)16-6-9-19(37-2)10-7-16/h6-14H,3-5,15H2,1-2H3,(H,32,36)(H,33,34). The molecule has 1 amide bonds. The highest BCUT2D eigenvalue weighted by Gasteiger charge is 2.24. The van der Waals surface area contributed by atoms with Crippen LogP contribution in [-0.2, 0) is 11.2 Å². The molecule has 0 saturated carbocycles. The zero-order valence-electron chi connectivity index (χ0n) is 21.2. The number of fused-ring (bicyclic) bond motifs is 1. The molecule has 0 radical (unpaired) electrons. The normalized spacial score (nSPS) is 10.9. The average Bonchev–Trinajstić information content (AvgIpc) is 3.28. The minimum atomic E-state index is -1.08. The number of aliphatic carboxylic acids is 1. The van der Waals surface area contributed by atoms with Gasteiger partial charge in [0.25, 0.3) is 5.91 Å². The Morgan fingerprint density at radius 2 is 1.67 bits per heavy atom. The van der Waals surface area contributed by atoms with Crippen LogP contribution in [0.25, 0.3) is 11.0 Å². The molecule has 0 fully saturated rings. The first-order valence-electron chi connectivity index (χ1n) is 12.1. The number of hydrogen-bond acceptors (Lipinski definition) is 6. The number of carboxylic acids is 1. The lowest BCUT2D eigenvalue weighted by molar-refractivity contribution is -0.139. The number of nitrogens with one attached hydrogen (secondary N) is 1. The maximum absolute atomic E-state index is 13.9. The van der Waals surface area contributed by atoms with Crippen molar-refractivity contribution in [2.24, 2.45) is 0 Å². The minimum absolute atomic E-state index is 0.223. The van der Waals surface area contributed by atoms with E-state index in [4.69, 9.17) is 19.0 Å². The van der Waals surface area contributed by atoms with Crippen LogP contribution in [0.15, 0.2) is 59.0 Å². The number of ether oxygens (including phenoxy) is 2. The number of anilines is 1. The number of amides is 1. The van der Waals surface area contributed by atoms with Crippen molar-refractivity contribution in [2.45, 2.75) is 26.2 Å². The predicted octanol–water partition coefficient (Wildman–Crippen LogP) is 6.94. The molecule has 0 spiro atoms. The topological polar surface area (TPSA) is 115 Å². The van der Waals surface area contributed by atoms with Gasteiger partial charge in [-0.3, -0.25) is 9.59 Å². The molecule has 2 N–H and O–H groups in total. The summed E-state index contributed by atoms with van der Waals surface area (Å²) >= 11 is 4.07. The van der Waals surface area contributed by atoms with Gasteiger partial charge in [-0.25, -0.2) is 4.79 Å². The van der Waals surface area contributed by atoms with Crippen LogP contribution in [0.5, 0.6) is 11.5 Å². The Morgan fingerprint density at radius 1 is 0.974 bits per heavy atom. The number of hydrogen-bond donors (Lipinski definition) is 2. The lowest BCUT2D eigenvalue weighted by atomic mass is 9.98. The van der Waals surface area contributed by atoms with Gasteiger partial charge in [-0.15, -0.1) is 0 Å². The van der Waals surface area contributed by atoms with Gasteiger partial charge in [0.15, 0.2) is 12.4 Å². The van der Waals surface area contributed by atoms with E-state index in [9.17, 15) is 14.4 Å². The third kappa shape index (κ3) is 6.72. The Morgan fingerprint density at radius 3 is 2.28 bits per heavy atom. The summed E-state index contributed by atoms with van der Waals surface area (Å²) < 4.78 is 17.9. The highest BCUT2D eigenvalue weighted by Crippen LogP contribution is 2.34. The molecule has 39 heavy (non-hydrogen) atoms. The van der Waals surface area contributed by atoms with Crippen molar-refractivity contribution in [3.63, 3.8) is 0 Å². The molecule has 0 aliphatic heterocycles. The number of benzene rings is 3. The molecule has 4 aromatic rings. The first kappa shape index (κ1) is 28.9. The number of unbranched alkanes of at least 4 members (excludes halogenated alkanes) is 1. The van der Waals surface area contributed by atoms with Crippen LogP contribution in [0.1, 0.15) is 51.8 Å². The lowest BCUT2D eigenvalue weighted by Crippen LogP contribution is -2.12. The van der Waals surface area contributed by atoms with Crippen LogP contribution < -0.4 is 14.8 Å². The molecule has 202 valence electrons. The number of halogens is 2. The van der Waals surface area contributed by atoms with Crippen molar-refractivity contribution < 1.29 is 33.4 Å². The second-order valence-electron chi connectivity index (χ2n) is 8.68. The first-order valence-corrected chi connectivity index (χ1v) is 14.3. The number of aryl methyl sites for hydroxylation is 1. The number of rotatable bonds is 11. The summed E-state index contributed by atoms with van der Waals surface area (Å²) in [4.78, 5) is 37.7. The molecule has 0 bridgehead atoms. The van der Waals surface area contributed by atoms with Crippen molar-refractivity contribution in [3.8, 4) is 11.5 Å². The molecule has 3 aromatic carbocycles. The van der Waals surface area contributed by atoms with Crippen LogP contribution >= 0.6 is 45.2 Å². The Bertz CT molecular complexity index is 1520. The van der Waals surface area contributed by atoms with Gasteiger partial charge in [-0.2, -0.15) is 0 Å². The smallest absolute Gasteiger partial charge is 0.341 e. The van der Waals surface area contributed by atoms with Gasteiger partial charge in [0, 0.05) is 28.6 Å². The van der Waals surface area contributed by atoms with Crippen molar-refractivity contribution in [2.75, 3.05) is 19.0 Å². The molecule has 10 heteroatoms. The molecular formula is C29H25I2NO7. The molecular weight excluding hydrogens is 728 g/mol. The summed E-state index contributed by atoms with van der Waals surface area (Å²) in [6.45, 7) is 1.59. The van der Waals surface area contributed by atoms with Crippen molar-refractivity contribution >= 4 is 79.5 Å². The summed E-state index contributed by atoms with van der Waals surface area (Å²) in [6.07, 6.45) is 2.37. The average molecular weight is 753 g/mol. The Kier molecular flexibility index (Phi) is 9.49. The molecule has 1 heterocycles. The van der Waals surface area contributed by atoms with E-state index in [1.807, 2.05) is 45.2 Å². The second kappa shape index (κ2) is 12.8. The van der Waals surface area contributed by atoms with Crippen LogP contribution in [0.4, 0.5) is 5.69 Å². The number of ketones is 1. The predicted molar refractivity (Wildman–Crippen MR) is 164 cm³/mol. The Labute approximate surface area is 252 Å². The van der Waals surface area contributed by atoms with Crippen LogP contribution in [0.3, 0.4) is 0 Å². The van der Waals surface area contributed by atoms with Crippen LogP contribution in [-0.4, -0.2) is 36.5 Å². The largest absolute Gasteiger partial charge is 0.497 e. The highest BCUT2D eigenvalue weighted by molar-refractivity contribution is 14.1. The van der Waals surface area contributed by atoms with E-state index in [1.54, 1.807) is 61.7 Å². The van der Waals surface area contributed by atoms with E-state index in [-0.39, 0.29) is 11.7 Å². The van der Waals surface area contributed by atoms with Crippen molar-refractivity contribution in [1.82, 2.24) is 0 Å². The van der Waals surface area contributed by atoms with Crippen LogP contribution in [0, 0.1) is 7.14 Å². The van der Waals surface area contributed by atoms with E-state index in [0.29, 0.717) is 64.2 Å². The number of carbonyl (C=O) groups is 3. The maximum atomic E-state index is 13.9. The summed E-state index contributed by atoms with van der Waals surface area (Å²) in [6, 6.07) is 15.4. The summed E-state index contributed by atoms with van der Waals surface area (Å²) in [5.74, 6) is 0.0652. The van der Waals surface area contributed by atoms with Gasteiger partial charge < -0.3 is 24.3 Å². The second-order valence-corrected chi connectivity index (χ2v) is 11.0. The number of carbonyl (C=O) groups excluding carboxylic acids is 2. The van der Waals surface area contributed by atoms with Gasteiger partial charge in [0.2, 0.25) is 0 Å². The van der Waals surface area contributed by atoms with Gasteiger partial charge in [-0.1, -0.05) is 13.3 Å².